The van der Waals surface area contributed by atoms with Crippen molar-refractivity contribution in [3.8, 4) is 0 Å². The van der Waals surface area contributed by atoms with Crippen LogP contribution in [-0.4, -0.2) is 28.7 Å². The Bertz CT molecular complexity index is 462. The maximum atomic E-state index is 11.8. The third kappa shape index (κ3) is 3.44. The van der Waals surface area contributed by atoms with Gasteiger partial charge in [0, 0.05) is 18.1 Å². The Morgan fingerprint density at radius 3 is 2.81 bits per heavy atom. The van der Waals surface area contributed by atoms with E-state index in [1.807, 2.05) is 0 Å². The number of rotatable bonds is 5. The molecule has 5 nitrogen and oxygen atoms in total. The van der Waals surface area contributed by atoms with Crippen molar-refractivity contribution in [1.29, 1.82) is 0 Å². The molecule has 0 aliphatic heterocycles. The van der Waals surface area contributed by atoms with E-state index in [0.29, 0.717) is 11.1 Å². The number of sulfonamides is 1. The van der Waals surface area contributed by atoms with Crippen molar-refractivity contribution in [2.24, 2.45) is 0 Å². The zero-order chi connectivity index (χ0) is 12.2. The molecule has 90 valence electrons. The van der Waals surface area contributed by atoms with Gasteiger partial charge in [0.25, 0.3) is 0 Å². The minimum Gasteiger partial charge on any atom is -0.398 e. The van der Waals surface area contributed by atoms with E-state index < -0.39 is 10.0 Å². The number of hydrogen-bond acceptors (Lipinski definition) is 4. The van der Waals surface area contributed by atoms with Crippen LogP contribution in [-0.2, 0) is 14.8 Å². The van der Waals surface area contributed by atoms with Gasteiger partial charge in [-0.3, -0.25) is 0 Å². The van der Waals surface area contributed by atoms with Gasteiger partial charge < -0.3 is 10.5 Å². The lowest BCUT2D eigenvalue weighted by atomic mass is 10.3. The van der Waals surface area contributed by atoms with E-state index in [9.17, 15) is 8.42 Å². The predicted molar refractivity (Wildman–Crippen MR) is 65.6 cm³/mol. The van der Waals surface area contributed by atoms with Gasteiger partial charge in [-0.2, -0.15) is 0 Å². The van der Waals surface area contributed by atoms with Crippen molar-refractivity contribution in [3.05, 3.63) is 22.7 Å². The van der Waals surface area contributed by atoms with Crippen LogP contribution in [0, 0.1) is 0 Å². The molecule has 0 aliphatic rings. The maximum absolute atomic E-state index is 11.8. The molecule has 16 heavy (non-hydrogen) atoms. The number of nitrogen functional groups attached to an aromatic ring is 1. The molecular formula is C9H13BrN2O3S. The molecule has 0 bridgehead atoms. The van der Waals surface area contributed by atoms with E-state index in [4.69, 9.17) is 10.5 Å². The molecule has 0 fully saturated rings. The number of nitrogens with two attached hydrogens (primary N) is 1. The van der Waals surface area contributed by atoms with E-state index >= 15 is 0 Å². The summed E-state index contributed by atoms with van der Waals surface area (Å²) in [6.45, 7) is 0.526. The van der Waals surface area contributed by atoms with Gasteiger partial charge in [-0.25, -0.2) is 13.1 Å². The first kappa shape index (κ1) is 13.4. The highest BCUT2D eigenvalue weighted by molar-refractivity contribution is 9.10. The predicted octanol–water partition coefficient (Wildman–Crippen LogP) is 0.956. The number of nitrogens with one attached hydrogen (secondary N) is 1. The van der Waals surface area contributed by atoms with Gasteiger partial charge in [-0.05, 0) is 18.2 Å². The highest BCUT2D eigenvalue weighted by Gasteiger charge is 2.16. The molecule has 0 aromatic heterocycles. The first-order valence-electron chi connectivity index (χ1n) is 4.51. The van der Waals surface area contributed by atoms with E-state index in [2.05, 4.69) is 20.7 Å². The summed E-state index contributed by atoms with van der Waals surface area (Å²) in [6, 6.07) is 4.68. The summed E-state index contributed by atoms with van der Waals surface area (Å²) in [7, 11) is -2.07. The topological polar surface area (TPSA) is 81.4 Å². The first-order valence-corrected chi connectivity index (χ1v) is 6.78. The van der Waals surface area contributed by atoms with E-state index in [1.54, 1.807) is 6.07 Å². The standard InChI is InChI=1S/C9H13BrN2O3S/c1-15-5-4-12-16(13,14)9-6-7(10)2-3-8(9)11/h2-3,6,12H,4-5,11H2,1H3. The van der Waals surface area contributed by atoms with E-state index in [1.165, 1.54) is 19.2 Å². The summed E-state index contributed by atoms with van der Waals surface area (Å²) >= 11 is 3.20. The van der Waals surface area contributed by atoms with E-state index in [-0.39, 0.29) is 17.1 Å². The Balaban J connectivity index is 2.93. The maximum Gasteiger partial charge on any atom is 0.242 e. The number of hydrogen-bond donors (Lipinski definition) is 2. The molecule has 0 aliphatic carbocycles. The third-order valence-electron chi connectivity index (χ3n) is 1.86. The fourth-order valence-corrected chi connectivity index (χ4v) is 2.78. The summed E-state index contributed by atoms with van der Waals surface area (Å²) < 4.78 is 31.4. The van der Waals surface area contributed by atoms with Crippen LogP contribution in [0.3, 0.4) is 0 Å². The average molecular weight is 309 g/mol. The molecule has 1 rings (SSSR count). The molecule has 0 atom stereocenters. The SMILES string of the molecule is COCCNS(=O)(=O)c1cc(Br)ccc1N. The molecule has 1 aromatic carbocycles. The lowest BCUT2D eigenvalue weighted by Gasteiger charge is -2.08. The number of methoxy groups -OCH3 is 1. The van der Waals surface area contributed by atoms with Gasteiger partial charge in [-0.15, -0.1) is 0 Å². The molecule has 1 aromatic rings. The van der Waals surface area contributed by atoms with Gasteiger partial charge in [-0.1, -0.05) is 15.9 Å². The van der Waals surface area contributed by atoms with Gasteiger partial charge in [0.05, 0.1) is 12.3 Å². The number of ether oxygens (including phenoxy) is 1. The molecule has 7 heteroatoms. The largest absolute Gasteiger partial charge is 0.398 e. The molecule has 0 unspecified atom stereocenters. The van der Waals surface area contributed by atoms with Crippen LogP contribution in [0.2, 0.25) is 0 Å². The molecule has 0 radical (unpaired) electrons. The zero-order valence-electron chi connectivity index (χ0n) is 8.73. The minimum absolute atomic E-state index is 0.0676. The molecule has 0 saturated heterocycles. The summed E-state index contributed by atoms with van der Waals surface area (Å²) in [5, 5.41) is 0. The Hall–Kier alpha value is -0.630. The number of benzene rings is 1. The fourth-order valence-electron chi connectivity index (χ4n) is 1.10. The molecule has 0 spiro atoms. The molecule has 0 saturated carbocycles. The average Bonchev–Trinajstić information content (AvgIpc) is 2.22. The highest BCUT2D eigenvalue weighted by Crippen LogP contribution is 2.22. The number of anilines is 1. The van der Waals surface area contributed by atoms with Gasteiger partial charge in [0.15, 0.2) is 0 Å². The quantitative estimate of drug-likeness (QED) is 0.627. The van der Waals surface area contributed by atoms with Crippen LogP contribution in [0.1, 0.15) is 0 Å². The minimum atomic E-state index is -3.57. The van der Waals surface area contributed by atoms with Crippen LogP contribution in [0.15, 0.2) is 27.6 Å². The normalized spacial score (nSPS) is 11.6. The second-order valence-corrected chi connectivity index (χ2v) is 5.72. The van der Waals surface area contributed by atoms with Crippen LogP contribution >= 0.6 is 15.9 Å². The summed E-state index contributed by atoms with van der Waals surface area (Å²) in [4.78, 5) is 0.0676. The van der Waals surface area contributed by atoms with Crippen LogP contribution < -0.4 is 10.5 Å². The summed E-state index contributed by atoms with van der Waals surface area (Å²) in [5.41, 5.74) is 5.82. The number of halogens is 1. The van der Waals surface area contributed by atoms with Crippen molar-refractivity contribution >= 4 is 31.6 Å². The van der Waals surface area contributed by atoms with Gasteiger partial charge >= 0.3 is 0 Å². The van der Waals surface area contributed by atoms with Crippen molar-refractivity contribution in [3.63, 3.8) is 0 Å². The van der Waals surface area contributed by atoms with Crippen molar-refractivity contribution < 1.29 is 13.2 Å². The highest BCUT2D eigenvalue weighted by atomic mass is 79.9. The van der Waals surface area contributed by atoms with Crippen LogP contribution in [0.5, 0.6) is 0 Å². The first-order chi connectivity index (χ1) is 7.47. The van der Waals surface area contributed by atoms with Crippen LogP contribution in [0.25, 0.3) is 0 Å². The fraction of sp³-hybridized carbons (Fsp3) is 0.333. The Kier molecular flexibility index (Phi) is 4.72. The molecule has 0 heterocycles. The van der Waals surface area contributed by atoms with E-state index in [0.717, 1.165) is 0 Å². The van der Waals surface area contributed by atoms with Crippen molar-refractivity contribution in [2.75, 3.05) is 26.0 Å². The Labute approximate surface area is 103 Å². The Morgan fingerprint density at radius 2 is 2.19 bits per heavy atom. The monoisotopic (exact) mass is 308 g/mol. The van der Waals surface area contributed by atoms with Gasteiger partial charge in [0.1, 0.15) is 4.90 Å². The van der Waals surface area contributed by atoms with Crippen molar-refractivity contribution in [2.45, 2.75) is 4.90 Å². The zero-order valence-corrected chi connectivity index (χ0v) is 11.1. The second-order valence-electron chi connectivity index (χ2n) is 3.07. The summed E-state index contributed by atoms with van der Waals surface area (Å²) in [5.74, 6) is 0. The smallest absolute Gasteiger partial charge is 0.242 e. The van der Waals surface area contributed by atoms with Crippen molar-refractivity contribution in [1.82, 2.24) is 4.72 Å². The third-order valence-corrected chi connectivity index (χ3v) is 3.87. The lowest BCUT2D eigenvalue weighted by Crippen LogP contribution is -2.27. The summed E-state index contributed by atoms with van der Waals surface area (Å²) in [6.07, 6.45) is 0. The van der Waals surface area contributed by atoms with Gasteiger partial charge in [0.2, 0.25) is 10.0 Å². The second kappa shape index (κ2) is 5.62. The molecule has 3 N–H and O–H groups in total. The molecular weight excluding hydrogens is 296 g/mol. The van der Waals surface area contributed by atoms with Crippen LogP contribution in [0.4, 0.5) is 5.69 Å². The Morgan fingerprint density at radius 1 is 1.50 bits per heavy atom. The molecule has 0 amide bonds. The lowest BCUT2D eigenvalue weighted by molar-refractivity contribution is 0.204.